The number of urea groups is 1. The van der Waals surface area contributed by atoms with Crippen molar-refractivity contribution >= 4 is 12.0 Å². The molecule has 6 heteroatoms. The van der Waals surface area contributed by atoms with Crippen LogP contribution in [0.1, 0.15) is 25.3 Å². The highest BCUT2D eigenvalue weighted by Crippen LogP contribution is 2.23. The number of ether oxygens (including phenoxy) is 1. The lowest BCUT2D eigenvalue weighted by atomic mass is 9.97. The molecular weight excluding hydrogens is 296 g/mol. The van der Waals surface area contributed by atoms with Crippen molar-refractivity contribution in [3.05, 3.63) is 35.9 Å². The molecule has 1 atom stereocenters. The van der Waals surface area contributed by atoms with Crippen molar-refractivity contribution in [2.45, 2.75) is 37.8 Å². The molecule has 0 radical (unpaired) electrons. The maximum atomic E-state index is 12.3. The minimum Gasteiger partial charge on any atom is -0.481 e. The van der Waals surface area contributed by atoms with Crippen LogP contribution in [0.3, 0.4) is 0 Å². The van der Waals surface area contributed by atoms with Gasteiger partial charge >= 0.3 is 12.0 Å². The Kier molecular flexibility index (Phi) is 5.60. The van der Waals surface area contributed by atoms with Crippen molar-refractivity contribution in [3.63, 3.8) is 0 Å². The standard InChI is InChI=1S/C17H24N2O4/c1-17(23-2)11-19(12-17)16(22)18-14(8-9-15(20)21)10-13-6-4-3-5-7-13/h3-7,14H,8-12H2,1-2H3,(H,18,22)(H,20,21). The van der Waals surface area contributed by atoms with Crippen LogP contribution in [0.15, 0.2) is 30.3 Å². The summed E-state index contributed by atoms with van der Waals surface area (Å²) in [4.78, 5) is 24.8. The summed E-state index contributed by atoms with van der Waals surface area (Å²) >= 11 is 0. The van der Waals surface area contributed by atoms with Crippen molar-refractivity contribution in [2.24, 2.45) is 0 Å². The molecule has 0 saturated carbocycles. The fraction of sp³-hybridized carbons (Fsp3) is 0.529. The number of carboxylic acid groups (broad SMARTS) is 1. The first-order chi connectivity index (χ1) is 10.9. The van der Waals surface area contributed by atoms with E-state index in [0.717, 1.165) is 5.56 Å². The van der Waals surface area contributed by atoms with E-state index in [4.69, 9.17) is 9.84 Å². The van der Waals surface area contributed by atoms with E-state index in [9.17, 15) is 9.59 Å². The first-order valence-electron chi connectivity index (χ1n) is 7.78. The molecule has 1 aromatic rings. The molecular formula is C17H24N2O4. The smallest absolute Gasteiger partial charge is 0.317 e. The SMILES string of the molecule is COC1(C)CN(C(=O)NC(CCC(=O)O)Cc2ccccc2)C1. The lowest BCUT2D eigenvalue weighted by Gasteiger charge is -2.46. The lowest BCUT2D eigenvalue weighted by Crippen LogP contribution is -2.65. The minimum absolute atomic E-state index is 0.0353. The number of rotatable bonds is 7. The second kappa shape index (κ2) is 7.46. The molecule has 2 amide bonds. The van der Waals surface area contributed by atoms with Gasteiger partial charge in [-0.25, -0.2) is 4.79 Å². The number of carbonyl (C=O) groups is 2. The zero-order valence-corrected chi connectivity index (χ0v) is 13.6. The third kappa shape index (κ3) is 4.96. The van der Waals surface area contributed by atoms with Gasteiger partial charge in [0, 0.05) is 19.6 Å². The number of nitrogens with zero attached hydrogens (tertiary/aromatic N) is 1. The molecule has 6 nitrogen and oxygen atoms in total. The third-order valence-electron chi connectivity index (χ3n) is 4.19. The molecule has 0 aliphatic carbocycles. The number of likely N-dealkylation sites (tertiary alicyclic amines) is 1. The second-order valence-corrected chi connectivity index (χ2v) is 6.28. The second-order valence-electron chi connectivity index (χ2n) is 6.28. The Bertz CT molecular complexity index is 541. The molecule has 2 N–H and O–H groups in total. The van der Waals surface area contributed by atoms with Gasteiger partial charge in [0.05, 0.1) is 13.1 Å². The zero-order chi connectivity index (χ0) is 16.9. The van der Waals surface area contributed by atoms with Gasteiger partial charge in [0.1, 0.15) is 5.60 Å². The summed E-state index contributed by atoms with van der Waals surface area (Å²) in [5.74, 6) is -0.854. The van der Waals surface area contributed by atoms with E-state index < -0.39 is 5.97 Å². The largest absolute Gasteiger partial charge is 0.481 e. The highest BCUT2D eigenvalue weighted by molar-refractivity contribution is 5.76. The number of aliphatic carboxylic acids is 1. The van der Waals surface area contributed by atoms with Gasteiger partial charge in [0.2, 0.25) is 0 Å². The van der Waals surface area contributed by atoms with Crippen LogP contribution in [-0.2, 0) is 16.0 Å². The Balaban J connectivity index is 1.91. The summed E-state index contributed by atoms with van der Waals surface area (Å²) in [5, 5.41) is 11.8. The minimum atomic E-state index is -0.854. The molecule has 1 heterocycles. The summed E-state index contributed by atoms with van der Waals surface area (Å²) in [6.07, 6.45) is 1.06. The maximum Gasteiger partial charge on any atom is 0.317 e. The Morgan fingerprint density at radius 3 is 2.57 bits per heavy atom. The quantitative estimate of drug-likeness (QED) is 0.804. The molecule has 0 aromatic heterocycles. The van der Waals surface area contributed by atoms with Gasteiger partial charge in [-0.1, -0.05) is 30.3 Å². The van der Waals surface area contributed by atoms with Gasteiger partial charge in [-0.3, -0.25) is 4.79 Å². The molecule has 126 valence electrons. The Morgan fingerprint density at radius 2 is 2.00 bits per heavy atom. The number of benzene rings is 1. The maximum absolute atomic E-state index is 12.3. The third-order valence-corrected chi connectivity index (χ3v) is 4.19. The van der Waals surface area contributed by atoms with Crippen LogP contribution < -0.4 is 5.32 Å². The zero-order valence-electron chi connectivity index (χ0n) is 13.6. The molecule has 1 unspecified atom stereocenters. The number of carbonyl (C=O) groups excluding carboxylic acids is 1. The first kappa shape index (κ1) is 17.3. The van der Waals surface area contributed by atoms with E-state index in [1.807, 2.05) is 37.3 Å². The van der Waals surface area contributed by atoms with E-state index in [-0.39, 0.29) is 24.1 Å². The summed E-state index contributed by atoms with van der Waals surface area (Å²) < 4.78 is 5.33. The first-order valence-corrected chi connectivity index (χ1v) is 7.78. The van der Waals surface area contributed by atoms with Crippen LogP contribution in [0.4, 0.5) is 4.79 Å². The molecule has 1 aliphatic heterocycles. The Labute approximate surface area is 136 Å². The monoisotopic (exact) mass is 320 g/mol. The Morgan fingerprint density at radius 1 is 1.35 bits per heavy atom. The molecule has 23 heavy (non-hydrogen) atoms. The number of carboxylic acids is 1. The predicted molar refractivity (Wildman–Crippen MR) is 86.3 cm³/mol. The number of amides is 2. The predicted octanol–water partition coefficient (Wildman–Crippen LogP) is 1.89. The van der Waals surface area contributed by atoms with Gasteiger partial charge in [-0.2, -0.15) is 0 Å². The van der Waals surface area contributed by atoms with Crippen LogP contribution in [0.2, 0.25) is 0 Å². The van der Waals surface area contributed by atoms with Crippen molar-refractivity contribution in [1.82, 2.24) is 10.2 Å². The molecule has 1 aromatic carbocycles. The van der Waals surface area contributed by atoms with Gasteiger partial charge in [0.15, 0.2) is 0 Å². The lowest BCUT2D eigenvalue weighted by molar-refractivity contribution is -0.137. The number of methoxy groups -OCH3 is 1. The average Bonchev–Trinajstić information content (AvgIpc) is 2.50. The van der Waals surface area contributed by atoms with Crippen LogP contribution in [0.25, 0.3) is 0 Å². The molecule has 1 fully saturated rings. The van der Waals surface area contributed by atoms with E-state index in [0.29, 0.717) is 25.9 Å². The average molecular weight is 320 g/mol. The fourth-order valence-corrected chi connectivity index (χ4v) is 2.72. The van der Waals surface area contributed by atoms with Crippen LogP contribution in [0.5, 0.6) is 0 Å². The van der Waals surface area contributed by atoms with Gasteiger partial charge in [0.25, 0.3) is 0 Å². The number of hydrogen-bond acceptors (Lipinski definition) is 3. The highest BCUT2D eigenvalue weighted by Gasteiger charge is 2.41. The molecule has 1 aliphatic rings. The Hall–Kier alpha value is -2.08. The summed E-state index contributed by atoms with van der Waals surface area (Å²) in [6.45, 7) is 3.06. The van der Waals surface area contributed by atoms with E-state index in [1.54, 1.807) is 12.0 Å². The van der Waals surface area contributed by atoms with Crippen molar-refractivity contribution < 1.29 is 19.4 Å². The summed E-state index contributed by atoms with van der Waals surface area (Å²) in [7, 11) is 1.64. The summed E-state index contributed by atoms with van der Waals surface area (Å²) in [5.41, 5.74) is 0.807. The topological polar surface area (TPSA) is 78.9 Å². The van der Waals surface area contributed by atoms with Gasteiger partial charge < -0.3 is 20.1 Å². The van der Waals surface area contributed by atoms with Gasteiger partial charge in [-0.05, 0) is 25.3 Å². The van der Waals surface area contributed by atoms with Crippen molar-refractivity contribution in [2.75, 3.05) is 20.2 Å². The molecule has 0 bridgehead atoms. The summed E-state index contributed by atoms with van der Waals surface area (Å²) in [6, 6.07) is 9.40. The van der Waals surface area contributed by atoms with E-state index >= 15 is 0 Å². The normalized spacial score (nSPS) is 17.2. The molecule has 2 rings (SSSR count). The number of nitrogens with one attached hydrogen (secondary N) is 1. The highest BCUT2D eigenvalue weighted by atomic mass is 16.5. The van der Waals surface area contributed by atoms with Crippen LogP contribution >= 0.6 is 0 Å². The number of hydrogen-bond donors (Lipinski definition) is 2. The van der Waals surface area contributed by atoms with Crippen LogP contribution in [-0.4, -0.2) is 53.8 Å². The van der Waals surface area contributed by atoms with E-state index in [1.165, 1.54) is 0 Å². The molecule has 1 saturated heterocycles. The van der Waals surface area contributed by atoms with Gasteiger partial charge in [-0.15, -0.1) is 0 Å². The van der Waals surface area contributed by atoms with E-state index in [2.05, 4.69) is 5.32 Å². The van der Waals surface area contributed by atoms with Crippen LogP contribution in [0, 0.1) is 0 Å². The van der Waals surface area contributed by atoms with Crippen molar-refractivity contribution in [1.29, 1.82) is 0 Å². The molecule has 0 spiro atoms. The van der Waals surface area contributed by atoms with Crippen molar-refractivity contribution in [3.8, 4) is 0 Å². The fourth-order valence-electron chi connectivity index (χ4n) is 2.72.